The summed E-state index contributed by atoms with van der Waals surface area (Å²) in [5.74, 6) is -1.35. The van der Waals surface area contributed by atoms with Crippen molar-refractivity contribution < 1.29 is 14.7 Å². The molecule has 1 amide bonds. The molecule has 0 spiro atoms. The molecule has 0 radical (unpaired) electrons. The Morgan fingerprint density at radius 2 is 1.89 bits per heavy atom. The molecule has 0 saturated carbocycles. The first-order chi connectivity index (χ1) is 8.54. The van der Waals surface area contributed by atoms with Crippen LogP contribution in [0.25, 0.3) is 0 Å². The van der Waals surface area contributed by atoms with E-state index in [-0.39, 0.29) is 12.3 Å². The standard InChI is InChI=1S/C13H18N2O3/c1-9(14-2)12(16)15-11(13(17)18)8-10-6-4-3-5-7-10/h3-7,9,11,14H,8H2,1-2H3,(H,15,16)(H,17,18). The van der Waals surface area contributed by atoms with E-state index in [1.807, 2.05) is 30.3 Å². The van der Waals surface area contributed by atoms with Gasteiger partial charge in [-0.15, -0.1) is 0 Å². The van der Waals surface area contributed by atoms with Crippen molar-refractivity contribution in [2.24, 2.45) is 0 Å². The molecule has 0 heterocycles. The van der Waals surface area contributed by atoms with Crippen LogP contribution in [-0.4, -0.2) is 36.1 Å². The second kappa shape index (κ2) is 6.76. The summed E-state index contributed by atoms with van der Waals surface area (Å²) in [5.41, 5.74) is 0.877. The van der Waals surface area contributed by atoms with Crippen molar-refractivity contribution in [1.29, 1.82) is 0 Å². The highest BCUT2D eigenvalue weighted by Crippen LogP contribution is 2.03. The lowest BCUT2D eigenvalue weighted by atomic mass is 10.1. The first kappa shape index (κ1) is 14.2. The molecule has 0 bridgehead atoms. The van der Waals surface area contributed by atoms with Gasteiger partial charge in [0, 0.05) is 6.42 Å². The molecular formula is C13H18N2O3. The van der Waals surface area contributed by atoms with E-state index in [1.54, 1.807) is 14.0 Å². The molecule has 1 rings (SSSR count). The van der Waals surface area contributed by atoms with Crippen LogP contribution in [0.1, 0.15) is 12.5 Å². The maximum absolute atomic E-state index is 11.6. The fourth-order valence-corrected chi connectivity index (χ4v) is 1.48. The Labute approximate surface area is 106 Å². The van der Waals surface area contributed by atoms with E-state index in [4.69, 9.17) is 5.11 Å². The number of hydrogen-bond donors (Lipinski definition) is 3. The molecule has 3 N–H and O–H groups in total. The van der Waals surface area contributed by atoms with Crippen LogP contribution in [-0.2, 0) is 16.0 Å². The number of rotatable bonds is 6. The maximum atomic E-state index is 11.6. The lowest BCUT2D eigenvalue weighted by Crippen LogP contribution is -2.49. The Kier molecular flexibility index (Phi) is 5.32. The summed E-state index contributed by atoms with van der Waals surface area (Å²) >= 11 is 0. The molecule has 1 aromatic carbocycles. The van der Waals surface area contributed by atoms with Crippen molar-refractivity contribution >= 4 is 11.9 Å². The number of carbonyl (C=O) groups excluding carboxylic acids is 1. The van der Waals surface area contributed by atoms with Gasteiger partial charge in [-0.2, -0.15) is 0 Å². The molecule has 18 heavy (non-hydrogen) atoms. The number of hydrogen-bond acceptors (Lipinski definition) is 3. The van der Waals surface area contributed by atoms with Crippen molar-refractivity contribution in [3.05, 3.63) is 35.9 Å². The molecule has 5 nitrogen and oxygen atoms in total. The largest absolute Gasteiger partial charge is 0.480 e. The first-order valence-electron chi connectivity index (χ1n) is 5.79. The van der Waals surface area contributed by atoms with E-state index in [0.29, 0.717) is 0 Å². The molecule has 0 saturated heterocycles. The van der Waals surface area contributed by atoms with Crippen LogP contribution in [0, 0.1) is 0 Å². The Morgan fingerprint density at radius 1 is 1.28 bits per heavy atom. The van der Waals surface area contributed by atoms with Gasteiger partial charge >= 0.3 is 5.97 Å². The Hall–Kier alpha value is -1.88. The Morgan fingerprint density at radius 3 is 2.39 bits per heavy atom. The van der Waals surface area contributed by atoms with Crippen molar-refractivity contribution in [2.45, 2.75) is 25.4 Å². The van der Waals surface area contributed by atoms with Gasteiger partial charge in [-0.1, -0.05) is 30.3 Å². The van der Waals surface area contributed by atoms with Gasteiger partial charge in [0.05, 0.1) is 6.04 Å². The summed E-state index contributed by atoms with van der Waals surface area (Å²) in [5, 5.41) is 14.4. The molecule has 0 fully saturated rings. The summed E-state index contributed by atoms with van der Waals surface area (Å²) in [4.78, 5) is 22.8. The minimum Gasteiger partial charge on any atom is -0.480 e. The third-order valence-electron chi connectivity index (χ3n) is 2.72. The minimum atomic E-state index is -1.03. The van der Waals surface area contributed by atoms with Crippen LogP contribution >= 0.6 is 0 Å². The first-order valence-corrected chi connectivity index (χ1v) is 5.79. The van der Waals surface area contributed by atoms with Crippen LogP contribution in [0.2, 0.25) is 0 Å². The fraction of sp³-hybridized carbons (Fsp3) is 0.385. The van der Waals surface area contributed by atoms with Crippen molar-refractivity contribution in [3.8, 4) is 0 Å². The highest BCUT2D eigenvalue weighted by atomic mass is 16.4. The monoisotopic (exact) mass is 250 g/mol. The molecule has 0 aliphatic carbocycles. The van der Waals surface area contributed by atoms with Gasteiger partial charge in [0.25, 0.3) is 0 Å². The molecule has 0 aromatic heterocycles. The summed E-state index contributed by atoms with van der Waals surface area (Å²) in [7, 11) is 1.65. The molecule has 0 aliphatic rings. The van der Waals surface area contributed by atoms with E-state index < -0.39 is 18.1 Å². The van der Waals surface area contributed by atoms with Gasteiger partial charge in [0.2, 0.25) is 5.91 Å². The Balaban J connectivity index is 2.67. The lowest BCUT2D eigenvalue weighted by Gasteiger charge is -2.17. The normalized spacial score (nSPS) is 13.7. The predicted molar refractivity (Wildman–Crippen MR) is 68.2 cm³/mol. The average Bonchev–Trinajstić information content (AvgIpc) is 2.37. The number of benzene rings is 1. The number of nitrogens with one attached hydrogen (secondary N) is 2. The summed E-state index contributed by atoms with van der Waals surface area (Å²) in [6.07, 6.45) is 0.276. The zero-order chi connectivity index (χ0) is 13.5. The maximum Gasteiger partial charge on any atom is 0.326 e. The van der Waals surface area contributed by atoms with Gasteiger partial charge < -0.3 is 15.7 Å². The van der Waals surface area contributed by atoms with Crippen molar-refractivity contribution in [1.82, 2.24) is 10.6 Å². The van der Waals surface area contributed by atoms with Crippen molar-refractivity contribution in [2.75, 3.05) is 7.05 Å². The Bertz CT molecular complexity index is 406. The summed E-state index contributed by atoms with van der Waals surface area (Å²) in [6.45, 7) is 1.68. The number of likely N-dealkylation sites (N-methyl/N-ethyl adjacent to an activating group) is 1. The van der Waals surface area contributed by atoms with Crippen LogP contribution in [0.5, 0.6) is 0 Å². The molecule has 1 aromatic rings. The lowest BCUT2D eigenvalue weighted by molar-refractivity contribution is -0.142. The third kappa shape index (κ3) is 4.18. The average molecular weight is 250 g/mol. The second-order valence-corrected chi connectivity index (χ2v) is 4.10. The molecule has 98 valence electrons. The molecule has 0 aliphatic heterocycles. The molecule has 2 atom stereocenters. The van der Waals surface area contributed by atoms with Gasteiger partial charge in [0.15, 0.2) is 0 Å². The minimum absolute atomic E-state index is 0.276. The second-order valence-electron chi connectivity index (χ2n) is 4.10. The molecular weight excluding hydrogens is 232 g/mol. The number of carboxylic acid groups (broad SMARTS) is 1. The smallest absolute Gasteiger partial charge is 0.326 e. The topological polar surface area (TPSA) is 78.4 Å². The predicted octanol–water partition coefficient (Wildman–Crippen LogP) is 0.406. The fourth-order valence-electron chi connectivity index (χ4n) is 1.48. The van der Waals surface area contributed by atoms with Crippen LogP contribution < -0.4 is 10.6 Å². The summed E-state index contributed by atoms with van der Waals surface area (Å²) in [6, 6.07) is 7.89. The van der Waals surface area contributed by atoms with E-state index >= 15 is 0 Å². The molecule has 2 unspecified atom stereocenters. The van der Waals surface area contributed by atoms with Crippen LogP contribution in [0.3, 0.4) is 0 Å². The van der Waals surface area contributed by atoms with E-state index in [1.165, 1.54) is 0 Å². The van der Waals surface area contributed by atoms with Gasteiger partial charge in [-0.05, 0) is 19.5 Å². The SMILES string of the molecule is CNC(C)C(=O)NC(Cc1ccccc1)C(=O)O. The number of carboxylic acids is 1. The highest BCUT2D eigenvalue weighted by molar-refractivity contribution is 5.86. The van der Waals surface area contributed by atoms with E-state index in [2.05, 4.69) is 10.6 Å². The van der Waals surface area contributed by atoms with Crippen LogP contribution in [0.15, 0.2) is 30.3 Å². The van der Waals surface area contributed by atoms with E-state index in [9.17, 15) is 9.59 Å². The van der Waals surface area contributed by atoms with Crippen LogP contribution in [0.4, 0.5) is 0 Å². The van der Waals surface area contributed by atoms with Gasteiger partial charge in [-0.3, -0.25) is 4.79 Å². The zero-order valence-electron chi connectivity index (χ0n) is 10.5. The van der Waals surface area contributed by atoms with E-state index in [0.717, 1.165) is 5.56 Å². The number of aliphatic carboxylic acids is 1. The van der Waals surface area contributed by atoms with Gasteiger partial charge in [0.1, 0.15) is 6.04 Å². The summed E-state index contributed by atoms with van der Waals surface area (Å²) < 4.78 is 0. The number of carbonyl (C=O) groups is 2. The zero-order valence-corrected chi connectivity index (χ0v) is 10.5. The molecule has 5 heteroatoms. The van der Waals surface area contributed by atoms with Gasteiger partial charge in [-0.25, -0.2) is 4.79 Å². The third-order valence-corrected chi connectivity index (χ3v) is 2.72. The van der Waals surface area contributed by atoms with Crippen molar-refractivity contribution in [3.63, 3.8) is 0 Å². The quantitative estimate of drug-likeness (QED) is 0.683. The number of amides is 1. The highest BCUT2D eigenvalue weighted by Gasteiger charge is 2.22.